The first kappa shape index (κ1) is 14.4. The largest absolute Gasteiger partial charge is 0.478 e. The molecule has 0 saturated heterocycles. The van der Waals surface area contributed by atoms with Crippen LogP contribution in [0.2, 0.25) is 0 Å². The number of hydrogen-bond donors (Lipinski definition) is 1. The third-order valence-electron chi connectivity index (χ3n) is 2.35. The van der Waals surface area contributed by atoms with Crippen molar-refractivity contribution in [3.63, 3.8) is 0 Å². The van der Waals surface area contributed by atoms with Crippen molar-refractivity contribution in [2.75, 3.05) is 0 Å². The molecule has 7 heteroatoms. The third kappa shape index (κ3) is 2.93. The Morgan fingerprint density at radius 1 is 1.05 bits per heavy atom. The van der Waals surface area contributed by atoms with Crippen LogP contribution < -0.4 is 4.74 Å². The van der Waals surface area contributed by atoms with Gasteiger partial charge < -0.3 is 9.84 Å². The first-order valence-corrected chi connectivity index (χ1v) is 6.03. The molecule has 0 fully saturated rings. The van der Waals surface area contributed by atoms with Gasteiger partial charge in [0.2, 0.25) is 0 Å². The van der Waals surface area contributed by atoms with E-state index in [1.807, 2.05) is 0 Å². The van der Waals surface area contributed by atoms with E-state index in [1.54, 1.807) is 0 Å². The smallest absolute Gasteiger partial charge is 0.335 e. The van der Waals surface area contributed by atoms with E-state index in [0.717, 1.165) is 6.07 Å². The van der Waals surface area contributed by atoms with Crippen molar-refractivity contribution in [2.24, 2.45) is 0 Å². The predicted octanol–water partition coefficient (Wildman–Crippen LogP) is 4.36. The van der Waals surface area contributed by atoms with Crippen LogP contribution in [0.15, 0.2) is 34.8 Å². The second kappa shape index (κ2) is 5.54. The number of rotatable bonds is 3. The normalized spacial score (nSPS) is 10.4. The summed E-state index contributed by atoms with van der Waals surface area (Å²) in [5.41, 5.74) is -0.568. The molecule has 2 rings (SSSR count). The summed E-state index contributed by atoms with van der Waals surface area (Å²) in [6.45, 7) is 0. The van der Waals surface area contributed by atoms with Crippen molar-refractivity contribution in [3.05, 3.63) is 57.8 Å². The van der Waals surface area contributed by atoms with Crippen LogP contribution in [0.25, 0.3) is 0 Å². The van der Waals surface area contributed by atoms with Crippen molar-refractivity contribution in [1.82, 2.24) is 0 Å². The lowest BCUT2D eigenvalue weighted by atomic mass is 10.2. The number of benzene rings is 2. The number of carboxylic acids is 1. The zero-order valence-electron chi connectivity index (χ0n) is 9.66. The second-order valence-corrected chi connectivity index (χ2v) is 4.67. The molecule has 0 heterocycles. The van der Waals surface area contributed by atoms with E-state index in [0.29, 0.717) is 16.6 Å². The van der Waals surface area contributed by atoms with E-state index in [9.17, 15) is 18.0 Å². The van der Waals surface area contributed by atoms with E-state index in [1.165, 1.54) is 12.1 Å². The maximum absolute atomic E-state index is 13.6. The molecule has 1 N–H and O–H groups in total. The van der Waals surface area contributed by atoms with Gasteiger partial charge in [-0.2, -0.15) is 0 Å². The molecule has 0 aliphatic heterocycles. The molecule has 104 valence electrons. The first-order chi connectivity index (χ1) is 9.38. The summed E-state index contributed by atoms with van der Waals surface area (Å²) < 4.78 is 46.0. The van der Waals surface area contributed by atoms with Crippen molar-refractivity contribution >= 4 is 21.9 Å². The SMILES string of the molecule is O=C(O)c1cc(F)c(Oc2cc(Br)ccc2F)c(F)c1. The predicted molar refractivity (Wildman–Crippen MR) is 67.5 cm³/mol. The quantitative estimate of drug-likeness (QED) is 0.898. The molecule has 20 heavy (non-hydrogen) atoms. The van der Waals surface area contributed by atoms with E-state index in [4.69, 9.17) is 9.84 Å². The highest BCUT2D eigenvalue weighted by Gasteiger charge is 2.18. The van der Waals surface area contributed by atoms with E-state index < -0.39 is 34.7 Å². The first-order valence-electron chi connectivity index (χ1n) is 5.23. The lowest BCUT2D eigenvalue weighted by molar-refractivity contribution is 0.0695. The number of ether oxygens (including phenoxy) is 1. The summed E-state index contributed by atoms with van der Waals surface area (Å²) in [4.78, 5) is 10.6. The van der Waals surface area contributed by atoms with Crippen molar-refractivity contribution in [3.8, 4) is 11.5 Å². The molecule has 0 atom stereocenters. The molecule has 0 unspecified atom stereocenters. The molecular weight excluding hydrogens is 341 g/mol. The summed E-state index contributed by atoms with van der Waals surface area (Å²) in [5.74, 6) is -6.02. The Bertz CT molecular complexity index is 666. The molecule has 0 bridgehead atoms. The van der Waals surface area contributed by atoms with Crippen LogP contribution in [0.4, 0.5) is 13.2 Å². The van der Waals surface area contributed by atoms with Gasteiger partial charge in [-0.25, -0.2) is 18.0 Å². The van der Waals surface area contributed by atoms with Gasteiger partial charge >= 0.3 is 5.97 Å². The summed E-state index contributed by atoms with van der Waals surface area (Å²) in [6, 6.07) is 4.83. The Hall–Kier alpha value is -2.02. The minimum Gasteiger partial charge on any atom is -0.478 e. The lowest BCUT2D eigenvalue weighted by Crippen LogP contribution is -2.01. The Morgan fingerprint density at radius 2 is 1.65 bits per heavy atom. The Kier molecular flexibility index (Phi) is 3.99. The molecular formula is C13H6BrF3O3. The number of carbonyl (C=O) groups is 1. The zero-order chi connectivity index (χ0) is 14.9. The van der Waals surface area contributed by atoms with Crippen molar-refractivity contribution < 1.29 is 27.8 Å². The van der Waals surface area contributed by atoms with Gasteiger partial charge in [-0.05, 0) is 30.3 Å². The van der Waals surface area contributed by atoms with Crippen LogP contribution in [0.5, 0.6) is 11.5 Å². The average molecular weight is 347 g/mol. The lowest BCUT2D eigenvalue weighted by Gasteiger charge is -2.09. The van der Waals surface area contributed by atoms with Crippen LogP contribution in [-0.2, 0) is 0 Å². The highest BCUT2D eigenvalue weighted by molar-refractivity contribution is 9.10. The molecule has 0 radical (unpaired) electrons. The molecule has 0 saturated carbocycles. The highest BCUT2D eigenvalue weighted by Crippen LogP contribution is 2.31. The molecule has 0 spiro atoms. The van der Waals surface area contributed by atoms with Crippen LogP contribution in [-0.4, -0.2) is 11.1 Å². The maximum Gasteiger partial charge on any atom is 0.335 e. The molecule has 3 nitrogen and oxygen atoms in total. The second-order valence-electron chi connectivity index (χ2n) is 3.75. The molecule has 2 aromatic carbocycles. The van der Waals surface area contributed by atoms with Crippen molar-refractivity contribution in [1.29, 1.82) is 0 Å². The monoisotopic (exact) mass is 346 g/mol. The van der Waals surface area contributed by atoms with Gasteiger partial charge in [0, 0.05) is 4.47 Å². The van der Waals surface area contributed by atoms with Gasteiger partial charge in [0.15, 0.2) is 29.0 Å². The number of aromatic carboxylic acids is 1. The summed E-state index contributed by atoms with van der Waals surface area (Å²) >= 11 is 3.07. The Morgan fingerprint density at radius 3 is 2.20 bits per heavy atom. The van der Waals surface area contributed by atoms with Crippen LogP contribution in [0.3, 0.4) is 0 Å². The molecule has 0 aliphatic rings. The van der Waals surface area contributed by atoms with Gasteiger partial charge in [0.05, 0.1) is 5.56 Å². The van der Waals surface area contributed by atoms with E-state index in [2.05, 4.69) is 15.9 Å². The standard InChI is InChI=1S/C13H6BrF3O3/c14-7-1-2-8(15)11(5-7)20-12-9(16)3-6(13(18)19)4-10(12)17/h1-5H,(H,18,19). The maximum atomic E-state index is 13.6. The molecule has 0 aliphatic carbocycles. The Labute approximate surface area is 119 Å². The third-order valence-corrected chi connectivity index (χ3v) is 2.84. The van der Waals surface area contributed by atoms with Gasteiger partial charge in [-0.1, -0.05) is 15.9 Å². The van der Waals surface area contributed by atoms with Gasteiger partial charge in [0.1, 0.15) is 0 Å². The molecule has 0 aromatic heterocycles. The average Bonchev–Trinajstić information content (AvgIpc) is 2.37. The van der Waals surface area contributed by atoms with Crippen LogP contribution >= 0.6 is 15.9 Å². The Balaban J connectivity index is 2.44. The minimum atomic E-state index is -1.48. The van der Waals surface area contributed by atoms with E-state index >= 15 is 0 Å². The number of carboxylic acid groups (broad SMARTS) is 1. The van der Waals surface area contributed by atoms with E-state index in [-0.39, 0.29) is 5.75 Å². The fraction of sp³-hybridized carbons (Fsp3) is 0. The van der Waals surface area contributed by atoms with Gasteiger partial charge in [0.25, 0.3) is 0 Å². The van der Waals surface area contributed by atoms with Crippen molar-refractivity contribution in [2.45, 2.75) is 0 Å². The van der Waals surface area contributed by atoms with Gasteiger partial charge in [-0.3, -0.25) is 0 Å². The fourth-order valence-corrected chi connectivity index (χ4v) is 1.79. The number of hydrogen-bond acceptors (Lipinski definition) is 2. The van der Waals surface area contributed by atoms with Crippen LogP contribution in [0, 0.1) is 17.5 Å². The zero-order valence-corrected chi connectivity index (χ0v) is 11.2. The topological polar surface area (TPSA) is 46.5 Å². The summed E-state index contributed by atoms with van der Waals surface area (Å²) in [7, 11) is 0. The summed E-state index contributed by atoms with van der Waals surface area (Å²) in [6.07, 6.45) is 0. The number of halogens is 4. The highest BCUT2D eigenvalue weighted by atomic mass is 79.9. The van der Waals surface area contributed by atoms with Gasteiger partial charge in [-0.15, -0.1) is 0 Å². The molecule has 0 amide bonds. The summed E-state index contributed by atoms with van der Waals surface area (Å²) in [5, 5.41) is 8.65. The van der Waals surface area contributed by atoms with Crippen LogP contribution in [0.1, 0.15) is 10.4 Å². The molecule has 2 aromatic rings. The fourth-order valence-electron chi connectivity index (χ4n) is 1.45. The minimum absolute atomic E-state index is 0.389.